The first kappa shape index (κ1) is 13.8. The second kappa shape index (κ2) is 4.17. The predicted molar refractivity (Wildman–Crippen MR) is 42.3 cm³/mol. The van der Waals surface area contributed by atoms with Crippen LogP contribution < -0.4 is 0 Å². The average Bonchev–Trinajstić information content (AvgIpc) is 2.13. The lowest BCUT2D eigenvalue weighted by Crippen LogP contribution is -2.15. The Morgan fingerprint density at radius 3 is 1.71 bits per heavy atom. The molecule has 1 rings (SSSR count). The Morgan fingerprint density at radius 2 is 1.35 bits per heavy atom. The zero-order valence-electron chi connectivity index (χ0n) is 7.95. The van der Waals surface area contributed by atoms with Crippen molar-refractivity contribution in [1.29, 1.82) is 0 Å². The molecule has 1 aromatic rings. The third-order valence-corrected chi connectivity index (χ3v) is 1.97. The first-order chi connectivity index (χ1) is 7.57. The molecule has 1 N–H and O–H groups in total. The molecule has 1 aromatic carbocycles. The van der Waals surface area contributed by atoms with Crippen LogP contribution in [0, 0.1) is 5.82 Å². The van der Waals surface area contributed by atoms with Crippen LogP contribution in [0.5, 0.6) is 0 Å². The molecule has 17 heavy (non-hydrogen) atoms. The fourth-order valence-electron chi connectivity index (χ4n) is 1.23. The molecule has 0 heterocycles. The van der Waals surface area contributed by atoms with E-state index in [4.69, 9.17) is 5.11 Å². The van der Waals surface area contributed by atoms with Crippen LogP contribution >= 0.6 is 0 Å². The van der Waals surface area contributed by atoms with Gasteiger partial charge in [0, 0.05) is 0 Å². The van der Waals surface area contributed by atoms with Gasteiger partial charge in [-0.2, -0.15) is 26.3 Å². The largest absolute Gasteiger partial charge is 0.419 e. The maximum Gasteiger partial charge on any atom is 0.419 e. The smallest absolute Gasteiger partial charge is 0.392 e. The lowest BCUT2D eigenvalue weighted by atomic mass is 10.0. The van der Waals surface area contributed by atoms with E-state index in [0.29, 0.717) is 0 Å². The van der Waals surface area contributed by atoms with Crippen molar-refractivity contribution in [2.45, 2.75) is 19.0 Å². The summed E-state index contributed by atoms with van der Waals surface area (Å²) in [5.74, 6) is -1.85. The van der Waals surface area contributed by atoms with Crippen molar-refractivity contribution in [2.75, 3.05) is 0 Å². The molecule has 0 aliphatic rings. The monoisotopic (exact) mass is 262 g/mol. The van der Waals surface area contributed by atoms with Crippen LogP contribution in [0.2, 0.25) is 0 Å². The summed E-state index contributed by atoms with van der Waals surface area (Å²) in [7, 11) is 0. The number of benzene rings is 1. The summed E-state index contributed by atoms with van der Waals surface area (Å²) in [4.78, 5) is 0. The molecular formula is C9H5F7O. The maximum atomic E-state index is 12.9. The van der Waals surface area contributed by atoms with E-state index < -0.39 is 41.5 Å². The van der Waals surface area contributed by atoms with Crippen molar-refractivity contribution in [2.24, 2.45) is 0 Å². The molecule has 0 aromatic heterocycles. The quantitative estimate of drug-likeness (QED) is 0.769. The number of hydrogen-bond acceptors (Lipinski definition) is 1. The zero-order valence-corrected chi connectivity index (χ0v) is 7.95. The third kappa shape index (κ3) is 2.87. The van der Waals surface area contributed by atoms with Gasteiger partial charge in [-0.05, 0) is 17.7 Å². The van der Waals surface area contributed by atoms with Crippen molar-refractivity contribution >= 4 is 0 Å². The number of alkyl halides is 6. The minimum Gasteiger partial charge on any atom is -0.392 e. The summed E-state index contributed by atoms with van der Waals surface area (Å²) < 4.78 is 86.5. The van der Waals surface area contributed by atoms with Crippen molar-refractivity contribution < 1.29 is 35.8 Å². The summed E-state index contributed by atoms with van der Waals surface area (Å²) in [6.45, 7) is -1.20. The summed E-state index contributed by atoms with van der Waals surface area (Å²) in [5, 5.41) is 8.55. The van der Waals surface area contributed by atoms with Gasteiger partial charge < -0.3 is 5.11 Å². The number of hydrogen-bond donors (Lipinski definition) is 1. The normalized spacial score (nSPS) is 12.9. The fourth-order valence-corrected chi connectivity index (χ4v) is 1.23. The highest BCUT2D eigenvalue weighted by atomic mass is 19.4. The molecule has 0 saturated carbocycles. The number of aliphatic hydroxyl groups excluding tert-OH is 1. The van der Waals surface area contributed by atoms with Gasteiger partial charge in [0.05, 0.1) is 17.7 Å². The summed E-state index contributed by atoms with van der Waals surface area (Å²) in [6.07, 6.45) is -10.3. The van der Waals surface area contributed by atoms with Gasteiger partial charge in [-0.25, -0.2) is 4.39 Å². The molecule has 0 saturated heterocycles. The van der Waals surface area contributed by atoms with Gasteiger partial charge in [0.25, 0.3) is 0 Å². The van der Waals surface area contributed by atoms with Crippen LogP contribution in [0.25, 0.3) is 0 Å². The molecule has 0 aliphatic heterocycles. The molecule has 96 valence electrons. The van der Waals surface area contributed by atoms with Crippen molar-refractivity contribution in [3.8, 4) is 0 Å². The Balaban J connectivity index is 3.49. The van der Waals surface area contributed by atoms with Gasteiger partial charge in [0.2, 0.25) is 0 Å². The highest BCUT2D eigenvalue weighted by molar-refractivity contribution is 5.36. The molecule has 0 spiro atoms. The predicted octanol–water partition coefficient (Wildman–Crippen LogP) is 3.36. The first-order valence-electron chi connectivity index (χ1n) is 4.15. The second-order valence-electron chi connectivity index (χ2n) is 3.14. The first-order valence-corrected chi connectivity index (χ1v) is 4.15. The molecular weight excluding hydrogens is 257 g/mol. The van der Waals surface area contributed by atoms with Crippen LogP contribution in [-0.2, 0) is 19.0 Å². The lowest BCUT2D eigenvalue weighted by Gasteiger charge is -2.15. The SMILES string of the molecule is OCc1cc(F)c(C(F)(F)F)cc1C(F)(F)F. The highest BCUT2D eigenvalue weighted by Crippen LogP contribution is 2.38. The van der Waals surface area contributed by atoms with E-state index in [1.54, 1.807) is 0 Å². The Labute approximate surface area is 90.5 Å². The van der Waals surface area contributed by atoms with Gasteiger partial charge in [-0.1, -0.05) is 0 Å². The van der Waals surface area contributed by atoms with E-state index in [2.05, 4.69) is 0 Å². The topological polar surface area (TPSA) is 20.2 Å². The van der Waals surface area contributed by atoms with Crippen molar-refractivity contribution in [3.63, 3.8) is 0 Å². The lowest BCUT2D eigenvalue weighted by molar-refractivity contribution is -0.145. The van der Waals surface area contributed by atoms with Crippen LogP contribution in [0.3, 0.4) is 0 Å². The number of halogens is 7. The molecule has 0 amide bonds. The van der Waals surface area contributed by atoms with Gasteiger partial charge in [0.15, 0.2) is 0 Å². The van der Waals surface area contributed by atoms with Gasteiger partial charge in [-0.15, -0.1) is 0 Å². The summed E-state index contributed by atoms with van der Waals surface area (Å²) in [5.41, 5.74) is -4.65. The molecule has 0 unspecified atom stereocenters. The van der Waals surface area contributed by atoms with E-state index in [1.807, 2.05) is 0 Å². The van der Waals surface area contributed by atoms with E-state index in [-0.39, 0.29) is 12.1 Å². The Hall–Kier alpha value is -1.31. The van der Waals surface area contributed by atoms with Crippen molar-refractivity contribution in [1.82, 2.24) is 0 Å². The maximum absolute atomic E-state index is 12.9. The molecule has 8 heteroatoms. The minimum absolute atomic E-state index is 0.0334. The van der Waals surface area contributed by atoms with Crippen LogP contribution in [-0.4, -0.2) is 5.11 Å². The molecule has 0 atom stereocenters. The molecule has 0 aliphatic carbocycles. The van der Waals surface area contributed by atoms with Crippen LogP contribution in [0.15, 0.2) is 12.1 Å². The second-order valence-corrected chi connectivity index (χ2v) is 3.14. The van der Waals surface area contributed by atoms with E-state index in [0.717, 1.165) is 0 Å². The molecule has 0 bridgehead atoms. The number of aliphatic hydroxyl groups is 1. The summed E-state index contributed by atoms with van der Waals surface area (Å²) in [6, 6.07) is -0.313. The van der Waals surface area contributed by atoms with Gasteiger partial charge in [0.1, 0.15) is 5.82 Å². The Kier molecular flexibility index (Phi) is 3.37. The Bertz CT molecular complexity index is 419. The Morgan fingerprint density at radius 1 is 0.882 bits per heavy atom. The summed E-state index contributed by atoms with van der Waals surface area (Å²) >= 11 is 0. The van der Waals surface area contributed by atoms with Crippen molar-refractivity contribution in [3.05, 3.63) is 34.6 Å². The minimum atomic E-state index is -5.22. The molecule has 0 radical (unpaired) electrons. The average molecular weight is 262 g/mol. The van der Waals surface area contributed by atoms with Gasteiger partial charge >= 0.3 is 12.4 Å². The van der Waals surface area contributed by atoms with Crippen LogP contribution in [0.1, 0.15) is 16.7 Å². The third-order valence-electron chi connectivity index (χ3n) is 1.97. The fraction of sp³-hybridized carbons (Fsp3) is 0.333. The standard InChI is InChI=1S/C9H5F7O/c10-7-1-4(3-17)5(8(11,12)13)2-6(7)9(14,15)16/h1-2,17H,3H2. The van der Waals surface area contributed by atoms with Crippen LogP contribution in [0.4, 0.5) is 30.7 Å². The number of rotatable bonds is 1. The van der Waals surface area contributed by atoms with Gasteiger partial charge in [-0.3, -0.25) is 0 Å². The molecule has 1 nitrogen and oxygen atoms in total. The highest BCUT2D eigenvalue weighted by Gasteiger charge is 2.40. The van der Waals surface area contributed by atoms with E-state index >= 15 is 0 Å². The van der Waals surface area contributed by atoms with E-state index in [1.165, 1.54) is 0 Å². The zero-order chi connectivity index (χ0) is 13.4. The molecule has 0 fully saturated rings. The van der Waals surface area contributed by atoms with E-state index in [9.17, 15) is 30.7 Å².